The van der Waals surface area contributed by atoms with E-state index in [1.807, 2.05) is 6.92 Å². The van der Waals surface area contributed by atoms with Crippen LogP contribution in [0.15, 0.2) is 6.20 Å². The summed E-state index contributed by atoms with van der Waals surface area (Å²) >= 11 is 0. The van der Waals surface area contributed by atoms with Gasteiger partial charge in [0.1, 0.15) is 5.56 Å². The summed E-state index contributed by atoms with van der Waals surface area (Å²) in [4.78, 5) is 10.8. The highest BCUT2D eigenvalue weighted by molar-refractivity contribution is 5.94. The number of aryl methyl sites for hydroxylation is 1. The van der Waals surface area contributed by atoms with Crippen LogP contribution in [-0.2, 0) is 6.54 Å². The summed E-state index contributed by atoms with van der Waals surface area (Å²) in [5.41, 5.74) is 5.40. The van der Waals surface area contributed by atoms with Gasteiger partial charge in [-0.1, -0.05) is 0 Å². The van der Waals surface area contributed by atoms with Gasteiger partial charge in [-0.05, 0) is 6.92 Å². The van der Waals surface area contributed by atoms with Crippen molar-refractivity contribution in [1.29, 1.82) is 0 Å². The Morgan fingerprint density at radius 2 is 2.50 bits per heavy atom. The van der Waals surface area contributed by atoms with Crippen LogP contribution >= 0.6 is 0 Å². The van der Waals surface area contributed by atoms with Crippen molar-refractivity contribution in [2.45, 2.75) is 13.5 Å². The van der Waals surface area contributed by atoms with Crippen LogP contribution in [-0.4, -0.2) is 22.8 Å². The van der Waals surface area contributed by atoms with Crippen molar-refractivity contribution < 1.29 is 9.53 Å². The zero-order valence-corrected chi connectivity index (χ0v) is 7.07. The molecular formula is C7H11N3O2. The van der Waals surface area contributed by atoms with E-state index in [4.69, 9.17) is 10.5 Å². The SMILES string of the molecule is CCn1ncc(C(N)=O)c1OC. The van der Waals surface area contributed by atoms with Crippen LogP contribution in [0, 0.1) is 0 Å². The molecular weight excluding hydrogens is 158 g/mol. The summed E-state index contributed by atoms with van der Waals surface area (Å²) in [5, 5.41) is 3.92. The quantitative estimate of drug-likeness (QED) is 0.692. The fourth-order valence-electron chi connectivity index (χ4n) is 0.984. The molecule has 1 amide bonds. The Hall–Kier alpha value is -1.52. The first kappa shape index (κ1) is 8.58. The molecule has 66 valence electrons. The molecule has 5 nitrogen and oxygen atoms in total. The van der Waals surface area contributed by atoms with Gasteiger partial charge in [0.05, 0.1) is 13.3 Å². The van der Waals surface area contributed by atoms with Gasteiger partial charge >= 0.3 is 0 Å². The molecule has 5 heteroatoms. The summed E-state index contributed by atoms with van der Waals surface area (Å²) in [6.45, 7) is 2.55. The molecule has 0 aliphatic rings. The number of carbonyl (C=O) groups is 1. The first-order chi connectivity index (χ1) is 5.70. The van der Waals surface area contributed by atoms with Crippen molar-refractivity contribution in [3.63, 3.8) is 0 Å². The van der Waals surface area contributed by atoms with Gasteiger partial charge in [-0.15, -0.1) is 0 Å². The second kappa shape index (κ2) is 3.25. The molecule has 0 aromatic carbocycles. The molecule has 0 spiro atoms. The lowest BCUT2D eigenvalue weighted by atomic mass is 10.3. The van der Waals surface area contributed by atoms with Crippen LogP contribution in [0.4, 0.5) is 0 Å². The number of hydrogen-bond donors (Lipinski definition) is 1. The average Bonchev–Trinajstić information content (AvgIpc) is 2.46. The lowest BCUT2D eigenvalue weighted by Gasteiger charge is -2.02. The van der Waals surface area contributed by atoms with E-state index in [-0.39, 0.29) is 0 Å². The molecule has 2 N–H and O–H groups in total. The van der Waals surface area contributed by atoms with E-state index in [0.717, 1.165) is 0 Å². The number of amides is 1. The Labute approximate surface area is 70.1 Å². The third-order valence-corrected chi connectivity index (χ3v) is 1.55. The Bertz CT molecular complexity index is 293. The van der Waals surface area contributed by atoms with E-state index in [9.17, 15) is 4.79 Å². The Balaban J connectivity index is 3.13. The second-order valence-corrected chi connectivity index (χ2v) is 2.25. The molecule has 0 aliphatic carbocycles. The number of nitrogens with zero attached hydrogens (tertiary/aromatic N) is 2. The van der Waals surface area contributed by atoms with E-state index in [1.54, 1.807) is 4.68 Å². The van der Waals surface area contributed by atoms with Gasteiger partial charge in [-0.3, -0.25) is 4.79 Å². The van der Waals surface area contributed by atoms with Crippen molar-refractivity contribution >= 4 is 5.91 Å². The van der Waals surface area contributed by atoms with E-state index in [1.165, 1.54) is 13.3 Å². The zero-order chi connectivity index (χ0) is 9.14. The number of ether oxygens (including phenoxy) is 1. The molecule has 0 saturated carbocycles. The van der Waals surface area contributed by atoms with Crippen molar-refractivity contribution in [2.75, 3.05) is 7.11 Å². The van der Waals surface area contributed by atoms with Crippen LogP contribution in [0.25, 0.3) is 0 Å². The van der Waals surface area contributed by atoms with Crippen molar-refractivity contribution in [3.8, 4) is 5.88 Å². The predicted molar refractivity (Wildman–Crippen MR) is 43.0 cm³/mol. The van der Waals surface area contributed by atoms with Crippen molar-refractivity contribution in [3.05, 3.63) is 11.8 Å². The van der Waals surface area contributed by atoms with Crippen molar-refractivity contribution in [2.24, 2.45) is 5.73 Å². The highest BCUT2D eigenvalue weighted by Crippen LogP contribution is 2.16. The van der Waals surface area contributed by atoms with E-state index < -0.39 is 5.91 Å². The second-order valence-electron chi connectivity index (χ2n) is 2.25. The van der Waals surface area contributed by atoms with E-state index >= 15 is 0 Å². The monoisotopic (exact) mass is 169 g/mol. The smallest absolute Gasteiger partial charge is 0.255 e. The largest absolute Gasteiger partial charge is 0.481 e. The first-order valence-electron chi connectivity index (χ1n) is 3.60. The Kier molecular flexibility index (Phi) is 2.32. The van der Waals surface area contributed by atoms with Gasteiger partial charge in [0.15, 0.2) is 0 Å². The fraction of sp³-hybridized carbons (Fsp3) is 0.429. The molecule has 1 heterocycles. The molecule has 0 atom stereocenters. The van der Waals surface area contributed by atoms with Gasteiger partial charge in [-0.25, -0.2) is 4.68 Å². The minimum atomic E-state index is -0.522. The summed E-state index contributed by atoms with van der Waals surface area (Å²) in [5.74, 6) is -0.100. The minimum absolute atomic E-state index is 0.319. The van der Waals surface area contributed by atoms with Gasteiger partial charge < -0.3 is 10.5 Å². The molecule has 0 unspecified atom stereocenters. The maximum Gasteiger partial charge on any atom is 0.255 e. The molecule has 1 aromatic heterocycles. The summed E-state index contributed by atoms with van der Waals surface area (Å²) in [7, 11) is 1.48. The number of nitrogens with two attached hydrogens (primary N) is 1. The van der Waals surface area contributed by atoms with Gasteiger partial charge in [-0.2, -0.15) is 5.10 Å². The Morgan fingerprint density at radius 3 is 2.92 bits per heavy atom. The average molecular weight is 169 g/mol. The third-order valence-electron chi connectivity index (χ3n) is 1.55. The van der Waals surface area contributed by atoms with Gasteiger partial charge in [0, 0.05) is 6.54 Å². The topological polar surface area (TPSA) is 70.1 Å². The molecule has 12 heavy (non-hydrogen) atoms. The normalized spacial score (nSPS) is 9.83. The predicted octanol–water partition coefficient (Wildman–Crippen LogP) is 0.0105. The minimum Gasteiger partial charge on any atom is -0.481 e. The molecule has 1 aromatic rings. The summed E-state index contributed by atoms with van der Waals surface area (Å²) < 4.78 is 6.54. The van der Waals surface area contributed by atoms with Crippen LogP contribution in [0.1, 0.15) is 17.3 Å². The fourth-order valence-corrected chi connectivity index (χ4v) is 0.984. The van der Waals surface area contributed by atoms with E-state index in [0.29, 0.717) is 18.0 Å². The van der Waals surface area contributed by atoms with Crippen LogP contribution in [0.3, 0.4) is 0 Å². The standard InChI is InChI=1S/C7H11N3O2/c1-3-10-7(12-2)5(4-9-10)6(8)11/h4H,3H2,1-2H3,(H2,8,11). The highest BCUT2D eigenvalue weighted by atomic mass is 16.5. The number of primary amides is 1. The summed E-state index contributed by atoms with van der Waals surface area (Å²) in [6, 6.07) is 0. The van der Waals surface area contributed by atoms with Crippen molar-refractivity contribution in [1.82, 2.24) is 9.78 Å². The highest BCUT2D eigenvalue weighted by Gasteiger charge is 2.14. The zero-order valence-electron chi connectivity index (χ0n) is 7.07. The van der Waals surface area contributed by atoms with Crippen LogP contribution in [0.5, 0.6) is 5.88 Å². The number of aromatic nitrogens is 2. The molecule has 0 bridgehead atoms. The number of hydrogen-bond acceptors (Lipinski definition) is 3. The molecule has 0 fully saturated rings. The number of rotatable bonds is 3. The van der Waals surface area contributed by atoms with Gasteiger partial charge in [0.2, 0.25) is 5.88 Å². The molecule has 1 rings (SSSR count). The van der Waals surface area contributed by atoms with Crippen LogP contribution in [0.2, 0.25) is 0 Å². The maximum atomic E-state index is 10.8. The third kappa shape index (κ3) is 1.25. The Morgan fingerprint density at radius 1 is 1.83 bits per heavy atom. The number of methoxy groups -OCH3 is 1. The first-order valence-corrected chi connectivity index (χ1v) is 3.60. The van der Waals surface area contributed by atoms with E-state index in [2.05, 4.69) is 5.10 Å². The molecule has 0 aliphatic heterocycles. The lowest BCUT2D eigenvalue weighted by molar-refractivity contribution is 0.0997. The maximum absolute atomic E-state index is 10.8. The van der Waals surface area contributed by atoms with Gasteiger partial charge in [0.25, 0.3) is 5.91 Å². The summed E-state index contributed by atoms with van der Waals surface area (Å²) in [6.07, 6.45) is 1.41. The number of carbonyl (C=O) groups excluding carboxylic acids is 1. The molecule has 0 saturated heterocycles. The lowest BCUT2D eigenvalue weighted by Crippen LogP contribution is -2.12. The molecule has 0 radical (unpaired) electrons. The van der Waals surface area contributed by atoms with Crippen LogP contribution < -0.4 is 10.5 Å².